The number of hydrogen-bond donors (Lipinski definition) is 1. The predicted octanol–water partition coefficient (Wildman–Crippen LogP) is 4.46. The highest BCUT2D eigenvalue weighted by Crippen LogP contribution is 2.49. The Bertz CT molecular complexity index is 456. The third-order valence-corrected chi connectivity index (χ3v) is 4.62. The summed E-state index contributed by atoms with van der Waals surface area (Å²) in [6, 6.07) is 3.70. The van der Waals surface area contributed by atoms with Gasteiger partial charge in [-0.3, -0.25) is 0 Å². The normalized spacial score (nSPS) is 28.1. The van der Waals surface area contributed by atoms with Crippen LogP contribution in [0.15, 0.2) is 18.2 Å². The van der Waals surface area contributed by atoms with E-state index >= 15 is 0 Å². The molecular weight excluding hydrogens is 246 g/mol. The summed E-state index contributed by atoms with van der Waals surface area (Å²) in [7, 11) is 0. The molecule has 106 valence electrons. The van der Waals surface area contributed by atoms with Crippen molar-refractivity contribution in [2.75, 3.05) is 0 Å². The molecule has 19 heavy (non-hydrogen) atoms. The van der Waals surface area contributed by atoms with Crippen LogP contribution >= 0.6 is 0 Å². The van der Waals surface area contributed by atoms with Crippen molar-refractivity contribution in [1.29, 1.82) is 0 Å². The number of halogens is 2. The van der Waals surface area contributed by atoms with Gasteiger partial charge < -0.3 is 5.11 Å². The van der Waals surface area contributed by atoms with Gasteiger partial charge in [-0.15, -0.1) is 0 Å². The fourth-order valence-electron chi connectivity index (χ4n) is 3.64. The number of rotatable bonds is 2. The minimum Gasteiger partial charge on any atom is -0.388 e. The summed E-state index contributed by atoms with van der Waals surface area (Å²) in [6.45, 7) is 6.43. The Morgan fingerprint density at radius 1 is 1.26 bits per heavy atom. The average molecular weight is 268 g/mol. The third-order valence-electron chi connectivity index (χ3n) is 4.62. The number of benzene rings is 1. The molecule has 1 fully saturated rings. The Kier molecular flexibility index (Phi) is 3.95. The van der Waals surface area contributed by atoms with E-state index in [1.54, 1.807) is 0 Å². The molecular formula is C16H22F2O. The highest BCUT2D eigenvalue weighted by atomic mass is 19.2. The zero-order valence-electron chi connectivity index (χ0n) is 11.8. The lowest BCUT2D eigenvalue weighted by Crippen LogP contribution is -2.38. The van der Waals surface area contributed by atoms with E-state index in [9.17, 15) is 13.9 Å². The molecule has 2 rings (SSSR count). The maximum absolute atomic E-state index is 13.3. The number of hydrogen-bond acceptors (Lipinski definition) is 1. The molecule has 0 bridgehead atoms. The standard InChI is InChI=1S/C16H22F2O/c1-10-5-4-8-16(2,3)14(10)15(19)11-6-7-12(17)13(18)9-11/h6-7,9-10,14-15,19H,4-5,8H2,1-3H3/t10-,14-,15-/m0/s1. The third kappa shape index (κ3) is 2.81. The highest BCUT2D eigenvalue weighted by Gasteiger charge is 2.41. The van der Waals surface area contributed by atoms with Crippen LogP contribution < -0.4 is 0 Å². The van der Waals surface area contributed by atoms with Crippen molar-refractivity contribution in [2.45, 2.75) is 46.1 Å². The van der Waals surface area contributed by atoms with Gasteiger partial charge in [0, 0.05) is 0 Å². The van der Waals surface area contributed by atoms with Gasteiger partial charge in [-0.1, -0.05) is 39.7 Å². The summed E-state index contributed by atoms with van der Waals surface area (Å²) >= 11 is 0. The summed E-state index contributed by atoms with van der Waals surface area (Å²) < 4.78 is 26.3. The largest absolute Gasteiger partial charge is 0.388 e. The zero-order valence-corrected chi connectivity index (χ0v) is 11.8. The first-order valence-electron chi connectivity index (χ1n) is 6.96. The Labute approximate surface area is 113 Å². The van der Waals surface area contributed by atoms with E-state index in [2.05, 4.69) is 20.8 Å². The van der Waals surface area contributed by atoms with E-state index in [4.69, 9.17) is 0 Å². The smallest absolute Gasteiger partial charge is 0.159 e. The summed E-state index contributed by atoms with van der Waals surface area (Å²) in [6.07, 6.45) is 2.56. The minimum absolute atomic E-state index is 0.0158. The fraction of sp³-hybridized carbons (Fsp3) is 0.625. The van der Waals surface area contributed by atoms with Crippen LogP contribution in [0.1, 0.15) is 51.7 Å². The molecule has 0 radical (unpaired) electrons. The molecule has 1 N–H and O–H groups in total. The van der Waals surface area contributed by atoms with Crippen molar-refractivity contribution >= 4 is 0 Å². The van der Waals surface area contributed by atoms with Crippen LogP contribution in [0.5, 0.6) is 0 Å². The molecule has 3 heteroatoms. The first-order valence-corrected chi connectivity index (χ1v) is 6.96. The molecule has 1 aliphatic rings. The van der Waals surface area contributed by atoms with Crippen LogP contribution in [-0.2, 0) is 0 Å². The molecule has 1 aromatic rings. The first-order chi connectivity index (χ1) is 8.83. The summed E-state index contributed by atoms with van der Waals surface area (Å²) in [5.74, 6) is -1.30. The quantitative estimate of drug-likeness (QED) is 0.839. The van der Waals surface area contributed by atoms with Crippen LogP contribution in [0.25, 0.3) is 0 Å². The molecule has 0 spiro atoms. The monoisotopic (exact) mass is 268 g/mol. The number of aliphatic hydroxyl groups is 1. The molecule has 1 saturated carbocycles. The Morgan fingerprint density at radius 2 is 1.95 bits per heavy atom. The maximum atomic E-state index is 13.3. The van der Waals surface area contributed by atoms with E-state index in [0.29, 0.717) is 11.5 Å². The maximum Gasteiger partial charge on any atom is 0.159 e. The molecule has 0 aromatic heterocycles. The van der Waals surface area contributed by atoms with E-state index < -0.39 is 17.7 Å². The summed E-state index contributed by atoms with van der Waals surface area (Å²) in [5.41, 5.74) is 0.493. The van der Waals surface area contributed by atoms with Crippen LogP contribution in [0, 0.1) is 28.9 Å². The van der Waals surface area contributed by atoms with Gasteiger partial charge in [0.05, 0.1) is 6.10 Å². The molecule has 0 aliphatic heterocycles. The second-order valence-corrected chi connectivity index (χ2v) is 6.50. The minimum atomic E-state index is -0.891. The zero-order chi connectivity index (χ0) is 14.2. The topological polar surface area (TPSA) is 20.2 Å². The molecule has 1 aliphatic carbocycles. The highest BCUT2D eigenvalue weighted by molar-refractivity contribution is 5.21. The van der Waals surface area contributed by atoms with E-state index in [0.717, 1.165) is 31.4 Å². The Morgan fingerprint density at radius 3 is 2.53 bits per heavy atom. The summed E-state index contributed by atoms with van der Waals surface area (Å²) in [4.78, 5) is 0. The molecule has 1 aromatic carbocycles. The fourth-order valence-corrected chi connectivity index (χ4v) is 3.64. The SMILES string of the molecule is C[C@H]1CCCC(C)(C)[C@@H]1[C@@H](O)c1ccc(F)c(F)c1. The van der Waals surface area contributed by atoms with Crippen molar-refractivity contribution in [2.24, 2.45) is 17.3 Å². The van der Waals surface area contributed by atoms with Crippen molar-refractivity contribution < 1.29 is 13.9 Å². The van der Waals surface area contributed by atoms with Crippen molar-refractivity contribution in [3.63, 3.8) is 0 Å². The Hall–Kier alpha value is -0.960. The molecule has 3 atom stereocenters. The van der Waals surface area contributed by atoms with E-state index in [-0.39, 0.29) is 11.3 Å². The molecule has 0 unspecified atom stereocenters. The lowest BCUT2D eigenvalue weighted by Gasteiger charge is -2.45. The lowest BCUT2D eigenvalue weighted by atomic mass is 9.61. The predicted molar refractivity (Wildman–Crippen MR) is 71.6 cm³/mol. The molecule has 0 amide bonds. The van der Waals surface area contributed by atoms with Crippen molar-refractivity contribution in [1.82, 2.24) is 0 Å². The molecule has 0 heterocycles. The van der Waals surface area contributed by atoms with Crippen molar-refractivity contribution in [3.8, 4) is 0 Å². The van der Waals surface area contributed by atoms with E-state index in [1.165, 1.54) is 6.07 Å². The van der Waals surface area contributed by atoms with Gasteiger partial charge in [0.2, 0.25) is 0 Å². The van der Waals surface area contributed by atoms with Gasteiger partial charge in [0.25, 0.3) is 0 Å². The van der Waals surface area contributed by atoms with Gasteiger partial charge in [-0.05, 0) is 41.4 Å². The van der Waals surface area contributed by atoms with Crippen LogP contribution in [0.3, 0.4) is 0 Å². The second-order valence-electron chi connectivity index (χ2n) is 6.50. The van der Waals surface area contributed by atoms with Gasteiger partial charge >= 0.3 is 0 Å². The number of aliphatic hydroxyl groups excluding tert-OH is 1. The average Bonchev–Trinajstić information content (AvgIpc) is 2.31. The van der Waals surface area contributed by atoms with E-state index in [1.807, 2.05) is 0 Å². The summed E-state index contributed by atoms with van der Waals surface area (Å²) in [5, 5.41) is 10.6. The van der Waals surface area contributed by atoms with Crippen molar-refractivity contribution in [3.05, 3.63) is 35.4 Å². The van der Waals surface area contributed by atoms with Gasteiger partial charge in [0.1, 0.15) is 0 Å². The van der Waals surface area contributed by atoms with Crippen LogP contribution in [0.4, 0.5) is 8.78 Å². The molecule has 1 nitrogen and oxygen atoms in total. The lowest BCUT2D eigenvalue weighted by molar-refractivity contribution is -0.0294. The van der Waals surface area contributed by atoms with Gasteiger partial charge in [0.15, 0.2) is 11.6 Å². The molecule has 0 saturated heterocycles. The van der Waals surface area contributed by atoms with Gasteiger partial charge in [-0.2, -0.15) is 0 Å². The van der Waals surface area contributed by atoms with Crippen LogP contribution in [-0.4, -0.2) is 5.11 Å². The Balaban J connectivity index is 2.30. The van der Waals surface area contributed by atoms with Crippen LogP contribution in [0.2, 0.25) is 0 Å². The van der Waals surface area contributed by atoms with Gasteiger partial charge in [-0.25, -0.2) is 8.78 Å². The first kappa shape index (κ1) is 14.4. The second kappa shape index (κ2) is 5.20.